The maximum Gasteiger partial charge on any atom is 0.330 e. The van der Waals surface area contributed by atoms with E-state index in [2.05, 4.69) is 5.32 Å². The summed E-state index contributed by atoms with van der Waals surface area (Å²) in [6.45, 7) is 4.75. The van der Waals surface area contributed by atoms with Crippen molar-refractivity contribution >= 4 is 5.97 Å². The van der Waals surface area contributed by atoms with Crippen molar-refractivity contribution in [3.63, 3.8) is 0 Å². The summed E-state index contributed by atoms with van der Waals surface area (Å²) in [5.41, 5.74) is 0.808. The fraction of sp³-hybridized carbons (Fsp3) is 0.625. The molecule has 0 aromatic rings. The molecule has 0 aromatic heterocycles. The average Bonchev–Trinajstić information content (AvgIpc) is 1.87. The predicted octanol–water partition coefficient (Wildman–Crippen LogP) is 1.36. The zero-order chi connectivity index (χ0) is 8.69. The van der Waals surface area contributed by atoms with E-state index in [-0.39, 0.29) is 0 Å². The zero-order valence-electron chi connectivity index (χ0n) is 7.05. The quantitative estimate of drug-likeness (QED) is 0.592. The number of hydrogen-bond donors (Lipinski definition) is 2. The summed E-state index contributed by atoms with van der Waals surface area (Å²) in [5, 5.41) is 11.4. The number of nitrogens with one attached hydrogen (secondary N) is 1. The van der Waals surface area contributed by atoms with Crippen LogP contribution < -0.4 is 5.32 Å². The van der Waals surface area contributed by atoms with Crippen molar-refractivity contribution in [3.05, 3.63) is 11.8 Å². The van der Waals surface area contributed by atoms with Gasteiger partial charge in [-0.25, -0.2) is 4.79 Å². The Kier molecular flexibility index (Phi) is 5.25. The molecule has 0 bridgehead atoms. The summed E-state index contributed by atoms with van der Waals surface area (Å²) in [6, 6.07) is 0. The van der Waals surface area contributed by atoms with E-state index in [9.17, 15) is 4.79 Å². The van der Waals surface area contributed by atoms with Gasteiger partial charge < -0.3 is 10.4 Å². The molecule has 0 unspecified atom stereocenters. The molecule has 0 spiro atoms. The molecule has 0 saturated heterocycles. The summed E-state index contributed by atoms with van der Waals surface area (Å²) in [4.78, 5) is 10.2. The zero-order valence-corrected chi connectivity index (χ0v) is 7.05. The van der Waals surface area contributed by atoms with E-state index in [1.807, 2.05) is 13.8 Å². The molecule has 2 N–H and O–H groups in total. The summed E-state index contributed by atoms with van der Waals surface area (Å²) in [5.74, 6) is -0.880. The summed E-state index contributed by atoms with van der Waals surface area (Å²) < 4.78 is 0. The van der Waals surface area contributed by atoms with Crippen LogP contribution in [0.1, 0.15) is 26.7 Å². The maximum absolute atomic E-state index is 10.2. The molecule has 0 saturated carbocycles. The summed E-state index contributed by atoms with van der Waals surface area (Å²) in [7, 11) is 0. The van der Waals surface area contributed by atoms with Gasteiger partial charge in [-0.15, -0.1) is 0 Å². The van der Waals surface area contributed by atoms with E-state index < -0.39 is 5.97 Å². The summed E-state index contributed by atoms with van der Waals surface area (Å²) >= 11 is 0. The van der Waals surface area contributed by atoms with Gasteiger partial charge >= 0.3 is 5.97 Å². The number of hydrogen-bond acceptors (Lipinski definition) is 2. The van der Waals surface area contributed by atoms with Crippen LogP contribution in [0, 0.1) is 0 Å². The molecule has 0 aromatic carbocycles. The van der Waals surface area contributed by atoms with E-state index in [0.717, 1.165) is 25.1 Å². The van der Waals surface area contributed by atoms with Gasteiger partial charge in [0.05, 0.1) is 0 Å². The Balaban J connectivity index is 3.96. The van der Waals surface area contributed by atoms with Gasteiger partial charge in [-0.2, -0.15) is 0 Å². The number of rotatable bonds is 5. The second kappa shape index (κ2) is 5.77. The van der Waals surface area contributed by atoms with Gasteiger partial charge in [-0.05, 0) is 13.3 Å². The van der Waals surface area contributed by atoms with Crippen molar-refractivity contribution in [2.24, 2.45) is 0 Å². The molecule has 3 nitrogen and oxygen atoms in total. The predicted molar refractivity (Wildman–Crippen MR) is 44.3 cm³/mol. The Hall–Kier alpha value is -0.990. The van der Waals surface area contributed by atoms with Crippen LogP contribution >= 0.6 is 0 Å². The molecule has 0 aliphatic heterocycles. The lowest BCUT2D eigenvalue weighted by atomic mass is 10.2. The van der Waals surface area contributed by atoms with Crippen LogP contribution in [-0.2, 0) is 4.79 Å². The van der Waals surface area contributed by atoms with Crippen molar-refractivity contribution < 1.29 is 9.90 Å². The molecule has 0 amide bonds. The van der Waals surface area contributed by atoms with Gasteiger partial charge in [-0.1, -0.05) is 13.3 Å². The fourth-order valence-corrected chi connectivity index (χ4v) is 0.857. The molecular weight excluding hydrogens is 142 g/mol. The van der Waals surface area contributed by atoms with Crippen molar-refractivity contribution in [2.45, 2.75) is 26.7 Å². The van der Waals surface area contributed by atoms with Crippen LogP contribution in [0.4, 0.5) is 0 Å². The third-order valence-electron chi connectivity index (χ3n) is 1.22. The Bertz CT molecular complexity index is 144. The monoisotopic (exact) mass is 157 g/mol. The van der Waals surface area contributed by atoms with Gasteiger partial charge in [0.25, 0.3) is 0 Å². The molecule has 0 heterocycles. The molecule has 0 aliphatic rings. The lowest BCUT2D eigenvalue weighted by Gasteiger charge is -2.05. The van der Waals surface area contributed by atoms with Crippen LogP contribution in [-0.4, -0.2) is 17.6 Å². The molecular formula is C8H15NO2. The molecule has 0 atom stereocenters. The maximum atomic E-state index is 10.2. The lowest BCUT2D eigenvalue weighted by molar-refractivity contribution is -0.131. The topological polar surface area (TPSA) is 49.3 Å². The Morgan fingerprint density at radius 3 is 2.55 bits per heavy atom. The van der Waals surface area contributed by atoms with Gasteiger partial charge in [0.2, 0.25) is 0 Å². The van der Waals surface area contributed by atoms with Gasteiger partial charge in [0.1, 0.15) is 0 Å². The van der Waals surface area contributed by atoms with Crippen LogP contribution in [0.25, 0.3) is 0 Å². The molecule has 11 heavy (non-hydrogen) atoms. The minimum absolute atomic E-state index is 0.777. The highest BCUT2D eigenvalue weighted by Gasteiger charge is 1.96. The fourth-order valence-electron chi connectivity index (χ4n) is 0.857. The van der Waals surface area contributed by atoms with E-state index in [1.165, 1.54) is 6.08 Å². The standard InChI is InChI=1S/C8H15NO2/c1-3-5-7(9-4-2)6-8(10)11/h6,9H,3-5H2,1-2H3,(H,10,11). The van der Waals surface area contributed by atoms with Crippen molar-refractivity contribution in [1.82, 2.24) is 5.32 Å². The Morgan fingerprint density at radius 2 is 2.18 bits per heavy atom. The number of carboxylic acid groups (broad SMARTS) is 1. The van der Waals surface area contributed by atoms with Crippen LogP contribution in [0.15, 0.2) is 11.8 Å². The molecule has 0 radical (unpaired) electrons. The minimum Gasteiger partial charge on any atom is -0.478 e. The smallest absolute Gasteiger partial charge is 0.330 e. The number of allylic oxidation sites excluding steroid dienone is 1. The molecule has 3 heteroatoms. The van der Waals surface area contributed by atoms with Crippen LogP contribution in [0.2, 0.25) is 0 Å². The number of carboxylic acids is 1. The third kappa shape index (κ3) is 5.45. The molecule has 0 rings (SSSR count). The number of aliphatic carboxylic acids is 1. The molecule has 0 fully saturated rings. The van der Waals surface area contributed by atoms with Crippen LogP contribution in [0.5, 0.6) is 0 Å². The third-order valence-corrected chi connectivity index (χ3v) is 1.22. The second-order valence-corrected chi connectivity index (χ2v) is 2.29. The van der Waals surface area contributed by atoms with Crippen molar-refractivity contribution in [3.8, 4) is 0 Å². The first-order valence-corrected chi connectivity index (χ1v) is 3.88. The Morgan fingerprint density at radius 1 is 1.55 bits per heavy atom. The Labute approximate surface area is 67.1 Å². The van der Waals surface area contributed by atoms with E-state index in [0.29, 0.717) is 0 Å². The van der Waals surface area contributed by atoms with Crippen molar-refractivity contribution in [1.29, 1.82) is 0 Å². The first-order valence-electron chi connectivity index (χ1n) is 3.88. The summed E-state index contributed by atoms with van der Waals surface area (Å²) in [6.07, 6.45) is 3.00. The van der Waals surface area contributed by atoms with E-state index in [4.69, 9.17) is 5.11 Å². The second-order valence-electron chi connectivity index (χ2n) is 2.29. The SMILES string of the molecule is CCCC(=CC(=O)O)NCC. The molecule has 0 aliphatic carbocycles. The highest BCUT2D eigenvalue weighted by molar-refractivity contribution is 5.80. The highest BCUT2D eigenvalue weighted by Crippen LogP contribution is 1.99. The highest BCUT2D eigenvalue weighted by atomic mass is 16.4. The lowest BCUT2D eigenvalue weighted by Crippen LogP contribution is -2.13. The molecule has 64 valence electrons. The van der Waals surface area contributed by atoms with Crippen LogP contribution in [0.3, 0.4) is 0 Å². The largest absolute Gasteiger partial charge is 0.478 e. The first kappa shape index (κ1) is 10.0. The minimum atomic E-state index is -0.880. The van der Waals surface area contributed by atoms with E-state index >= 15 is 0 Å². The number of carbonyl (C=O) groups is 1. The normalized spacial score (nSPS) is 11.3. The van der Waals surface area contributed by atoms with Gasteiger partial charge in [0, 0.05) is 18.3 Å². The average molecular weight is 157 g/mol. The van der Waals surface area contributed by atoms with E-state index in [1.54, 1.807) is 0 Å². The van der Waals surface area contributed by atoms with Gasteiger partial charge in [0.15, 0.2) is 0 Å². The van der Waals surface area contributed by atoms with Crippen molar-refractivity contribution in [2.75, 3.05) is 6.54 Å². The van der Waals surface area contributed by atoms with Gasteiger partial charge in [-0.3, -0.25) is 0 Å². The first-order chi connectivity index (χ1) is 5.20.